The van der Waals surface area contributed by atoms with Crippen molar-refractivity contribution in [2.45, 2.75) is 13.8 Å². The summed E-state index contributed by atoms with van der Waals surface area (Å²) in [6.07, 6.45) is 0. The molecule has 7 heteroatoms. The van der Waals surface area contributed by atoms with Gasteiger partial charge in [0.25, 0.3) is 0 Å². The number of hydrogen-bond donors (Lipinski definition) is 2. The number of nitrogens with one attached hydrogen (secondary N) is 2. The van der Waals surface area contributed by atoms with Crippen LogP contribution in [0.1, 0.15) is 13.8 Å². The van der Waals surface area contributed by atoms with Crippen molar-refractivity contribution in [3.8, 4) is 11.5 Å². The smallest absolute Gasteiger partial charge is 0.228 e. The molecule has 0 atom stereocenters. The number of amides is 1. The fraction of sp³-hybridized carbons (Fsp3) is 0.136. The molecule has 4 aromatic rings. The molecule has 0 fully saturated rings. The number of hydrogen-bond acceptors (Lipinski definition) is 4. The van der Waals surface area contributed by atoms with Crippen molar-refractivity contribution in [3.05, 3.63) is 59.1 Å². The van der Waals surface area contributed by atoms with E-state index in [1.807, 2.05) is 62.4 Å². The lowest BCUT2D eigenvalue weighted by atomic mass is 10.0. The van der Waals surface area contributed by atoms with Crippen molar-refractivity contribution in [1.29, 1.82) is 0 Å². The third-order valence-corrected chi connectivity index (χ3v) is 5.40. The minimum atomic E-state index is -0.143. The molecule has 0 bridgehead atoms. The molecule has 0 aliphatic carbocycles. The standard InChI is InChI=1S/C22H18BrN3O2S/c1-12(2)20(27)26-22(29)24-13-9-10-19-18(11-13)25-21(28-19)16-7-3-6-15-14(16)5-4-8-17(15)23/h3-12H,1-2H3,(H2,24,26,27,29). The van der Waals surface area contributed by atoms with Gasteiger partial charge in [0.05, 0.1) is 0 Å². The predicted molar refractivity (Wildman–Crippen MR) is 124 cm³/mol. The van der Waals surface area contributed by atoms with Crippen LogP contribution in [-0.2, 0) is 4.79 Å². The van der Waals surface area contributed by atoms with Crippen LogP contribution in [0.25, 0.3) is 33.3 Å². The van der Waals surface area contributed by atoms with E-state index in [9.17, 15) is 4.79 Å². The van der Waals surface area contributed by atoms with Crippen LogP contribution in [-0.4, -0.2) is 16.0 Å². The second kappa shape index (κ2) is 7.93. The van der Waals surface area contributed by atoms with Crippen LogP contribution < -0.4 is 10.6 Å². The molecule has 1 amide bonds. The van der Waals surface area contributed by atoms with Gasteiger partial charge >= 0.3 is 0 Å². The van der Waals surface area contributed by atoms with Crippen molar-refractivity contribution in [1.82, 2.24) is 10.3 Å². The number of thiocarbonyl (C=S) groups is 1. The van der Waals surface area contributed by atoms with Crippen LogP contribution in [0, 0.1) is 5.92 Å². The van der Waals surface area contributed by atoms with Gasteiger partial charge in [0.15, 0.2) is 10.7 Å². The van der Waals surface area contributed by atoms with Gasteiger partial charge in [-0.3, -0.25) is 4.79 Å². The van der Waals surface area contributed by atoms with Crippen molar-refractivity contribution in [2.75, 3.05) is 5.32 Å². The molecular weight excluding hydrogens is 450 g/mol. The van der Waals surface area contributed by atoms with Crippen LogP contribution in [0.4, 0.5) is 5.69 Å². The molecule has 5 nitrogen and oxygen atoms in total. The Bertz CT molecular complexity index is 1250. The van der Waals surface area contributed by atoms with E-state index >= 15 is 0 Å². The van der Waals surface area contributed by atoms with Gasteiger partial charge in [-0.15, -0.1) is 0 Å². The highest BCUT2D eigenvalue weighted by Gasteiger charge is 2.14. The first-order chi connectivity index (χ1) is 13.9. The molecule has 0 saturated carbocycles. The number of oxazole rings is 1. The number of anilines is 1. The molecule has 0 radical (unpaired) electrons. The average molecular weight is 468 g/mol. The first-order valence-electron chi connectivity index (χ1n) is 9.12. The summed E-state index contributed by atoms with van der Waals surface area (Å²) in [6.45, 7) is 3.62. The van der Waals surface area contributed by atoms with Gasteiger partial charge in [-0.05, 0) is 53.3 Å². The van der Waals surface area contributed by atoms with Crippen LogP contribution in [0.2, 0.25) is 0 Å². The Morgan fingerprint density at radius 2 is 1.86 bits per heavy atom. The second-order valence-corrected chi connectivity index (χ2v) is 8.20. The molecule has 0 aliphatic rings. The van der Waals surface area contributed by atoms with Gasteiger partial charge in [-0.2, -0.15) is 0 Å². The maximum absolute atomic E-state index is 11.8. The Kier molecular flexibility index (Phi) is 5.34. The fourth-order valence-corrected chi connectivity index (χ4v) is 3.71. The van der Waals surface area contributed by atoms with Crippen LogP contribution in [0.3, 0.4) is 0 Å². The summed E-state index contributed by atoms with van der Waals surface area (Å²) >= 11 is 8.80. The molecule has 0 aliphatic heterocycles. The number of fused-ring (bicyclic) bond motifs is 2. The number of carbonyl (C=O) groups is 1. The van der Waals surface area contributed by atoms with Crippen molar-refractivity contribution in [3.63, 3.8) is 0 Å². The zero-order valence-electron chi connectivity index (χ0n) is 15.8. The average Bonchev–Trinajstić information content (AvgIpc) is 3.11. The molecule has 29 heavy (non-hydrogen) atoms. The quantitative estimate of drug-likeness (QED) is 0.368. The van der Waals surface area contributed by atoms with E-state index < -0.39 is 0 Å². The SMILES string of the molecule is CC(C)C(=O)NC(=S)Nc1ccc2oc(-c3cccc4c(Br)cccc34)nc2c1. The zero-order valence-corrected chi connectivity index (χ0v) is 18.2. The van der Waals surface area contributed by atoms with Gasteiger partial charge in [0.2, 0.25) is 11.8 Å². The summed E-state index contributed by atoms with van der Waals surface area (Å²) in [4.78, 5) is 16.4. The van der Waals surface area contributed by atoms with Gasteiger partial charge in [0, 0.05) is 21.6 Å². The molecule has 2 N–H and O–H groups in total. The summed E-state index contributed by atoms with van der Waals surface area (Å²) in [5, 5.41) is 8.10. The van der Waals surface area contributed by atoms with E-state index in [0.717, 1.165) is 26.5 Å². The van der Waals surface area contributed by atoms with E-state index in [2.05, 4.69) is 37.6 Å². The minimum absolute atomic E-state index is 0.130. The molecule has 4 rings (SSSR count). The van der Waals surface area contributed by atoms with Gasteiger partial charge in [-0.25, -0.2) is 4.98 Å². The van der Waals surface area contributed by atoms with Gasteiger partial charge in [-0.1, -0.05) is 54.0 Å². The monoisotopic (exact) mass is 467 g/mol. The number of nitrogens with zero attached hydrogens (tertiary/aromatic N) is 1. The Morgan fingerprint density at radius 3 is 2.66 bits per heavy atom. The molecule has 0 unspecified atom stereocenters. The second-order valence-electron chi connectivity index (χ2n) is 6.94. The highest BCUT2D eigenvalue weighted by molar-refractivity contribution is 9.10. The largest absolute Gasteiger partial charge is 0.436 e. The number of benzene rings is 3. The Balaban J connectivity index is 1.65. The van der Waals surface area contributed by atoms with Gasteiger partial charge < -0.3 is 15.1 Å². The molecule has 0 saturated heterocycles. The van der Waals surface area contributed by atoms with Crippen molar-refractivity contribution < 1.29 is 9.21 Å². The molecule has 1 heterocycles. The predicted octanol–water partition coefficient (Wildman–Crippen LogP) is 5.88. The fourth-order valence-electron chi connectivity index (χ4n) is 3.00. The normalized spacial score (nSPS) is 11.2. The maximum atomic E-state index is 11.8. The zero-order chi connectivity index (χ0) is 20.5. The molecular formula is C22H18BrN3O2S. The van der Waals surface area contributed by atoms with Crippen LogP contribution in [0.15, 0.2) is 63.5 Å². The number of aromatic nitrogens is 1. The number of carbonyl (C=O) groups excluding carboxylic acids is 1. The summed E-state index contributed by atoms with van der Waals surface area (Å²) < 4.78 is 7.03. The van der Waals surface area contributed by atoms with Gasteiger partial charge in [0.1, 0.15) is 5.52 Å². The minimum Gasteiger partial charge on any atom is -0.436 e. The lowest BCUT2D eigenvalue weighted by molar-refractivity contribution is -0.122. The summed E-state index contributed by atoms with van der Waals surface area (Å²) in [5.41, 5.74) is 3.03. The van der Waals surface area contributed by atoms with E-state index in [0.29, 0.717) is 17.0 Å². The number of rotatable bonds is 3. The first-order valence-corrected chi connectivity index (χ1v) is 10.3. The topological polar surface area (TPSA) is 67.2 Å². The van der Waals surface area contributed by atoms with E-state index in [4.69, 9.17) is 16.6 Å². The third kappa shape index (κ3) is 4.02. The number of halogens is 1. The molecule has 1 aromatic heterocycles. The van der Waals surface area contributed by atoms with Crippen LogP contribution in [0.5, 0.6) is 0 Å². The first kappa shape index (κ1) is 19.5. The third-order valence-electron chi connectivity index (χ3n) is 4.51. The highest BCUT2D eigenvalue weighted by atomic mass is 79.9. The maximum Gasteiger partial charge on any atom is 0.228 e. The Labute approximate surface area is 181 Å². The van der Waals surface area contributed by atoms with E-state index in [-0.39, 0.29) is 16.9 Å². The summed E-state index contributed by atoms with van der Waals surface area (Å²) in [5.74, 6) is 0.280. The highest BCUT2D eigenvalue weighted by Crippen LogP contribution is 2.34. The van der Waals surface area contributed by atoms with E-state index in [1.165, 1.54) is 0 Å². The van der Waals surface area contributed by atoms with Crippen molar-refractivity contribution in [2.24, 2.45) is 5.92 Å². The molecule has 3 aromatic carbocycles. The Morgan fingerprint density at radius 1 is 1.10 bits per heavy atom. The lowest BCUT2D eigenvalue weighted by Crippen LogP contribution is -2.36. The van der Waals surface area contributed by atoms with Crippen LogP contribution >= 0.6 is 28.1 Å². The Hall–Kier alpha value is -2.77. The van der Waals surface area contributed by atoms with Crippen molar-refractivity contribution >= 4 is 66.7 Å². The summed E-state index contributed by atoms with van der Waals surface area (Å²) in [6, 6.07) is 17.6. The summed E-state index contributed by atoms with van der Waals surface area (Å²) in [7, 11) is 0. The lowest BCUT2D eigenvalue weighted by Gasteiger charge is -2.10. The molecule has 146 valence electrons. The van der Waals surface area contributed by atoms with E-state index in [1.54, 1.807) is 0 Å². The molecule has 0 spiro atoms.